The maximum absolute atomic E-state index is 11.4. The molecule has 2 heterocycles. The number of halogens is 2. The van der Waals surface area contributed by atoms with E-state index in [0.29, 0.717) is 43.3 Å². The summed E-state index contributed by atoms with van der Waals surface area (Å²) in [6.07, 6.45) is 3.29. The third-order valence-corrected chi connectivity index (χ3v) is 3.41. The zero-order valence-corrected chi connectivity index (χ0v) is 13.3. The first-order valence-corrected chi connectivity index (χ1v) is 7.79. The zero-order chi connectivity index (χ0) is 15.2. The van der Waals surface area contributed by atoms with E-state index in [2.05, 4.69) is 9.97 Å². The van der Waals surface area contributed by atoms with Crippen LogP contribution in [0.2, 0.25) is 5.02 Å². The number of imidazole rings is 1. The summed E-state index contributed by atoms with van der Waals surface area (Å²) >= 11 is 11.8. The number of ether oxygens (including phenoxy) is 1. The summed E-state index contributed by atoms with van der Waals surface area (Å²) < 4.78 is 6.92. The number of nitrogens with zero attached hydrogens (tertiary/aromatic N) is 3. The van der Waals surface area contributed by atoms with Gasteiger partial charge in [0.1, 0.15) is 11.3 Å². The van der Waals surface area contributed by atoms with Gasteiger partial charge in [0.25, 0.3) is 0 Å². The first-order valence-electron chi connectivity index (χ1n) is 6.88. The van der Waals surface area contributed by atoms with E-state index in [0.717, 1.165) is 17.0 Å². The molecule has 0 fully saturated rings. The molecule has 0 unspecified atom stereocenters. The van der Waals surface area contributed by atoms with Crippen molar-refractivity contribution in [2.75, 3.05) is 12.5 Å². The van der Waals surface area contributed by atoms with Gasteiger partial charge in [0.2, 0.25) is 0 Å². The van der Waals surface area contributed by atoms with Crippen LogP contribution in [-0.4, -0.2) is 33.0 Å². The summed E-state index contributed by atoms with van der Waals surface area (Å²) in [5, 5.41) is 0.552. The van der Waals surface area contributed by atoms with Crippen LogP contribution in [0.15, 0.2) is 12.3 Å². The van der Waals surface area contributed by atoms with Gasteiger partial charge in [0, 0.05) is 31.5 Å². The maximum atomic E-state index is 11.4. The number of aromatic nitrogens is 3. The van der Waals surface area contributed by atoms with Gasteiger partial charge in [-0.15, -0.1) is 11.6 Å². The van der Waals surface area contributed by atoms with Crippen molar-refractivity contribution in [3.63, 3.8) is 0 Å². The highest BCUT2D eigenvalue weighted by Crippen LogP contribution is 2.19. The van der Waals surface area contributed by atoms with E-state index in [9.17, 15) is 4.79 Å². The van der Waals surface area contributed by atoms with Crippen molar-refractivity contribution in [2.45, 2.75) is 32.7 Å². The Morgan fingerprint density at radius 3 is 3.00 bits per heavy atom. The van der Waals surface area contributed by atoms with Gasteiger partial charge in [-0.25, -0.2) is 9.97 Å². The number of hydrogen-bond acceptors (Lipinski definition) is 4. The van der Waals surface area contributed by atoms with Crippen LogP contribution in [0.4, 0.5) is 0 Å². The van der Waals surface area contributed by atoms with E-state index in [-0.39, 0.29) is 5.97 Å². The highest BCUT2D eigenvalue weighted by atomic mass is 35.5. The van der Waals surface area contributed by atoms with Crippen LogP contribution >= 0.6 is 23.2 Å². The van der Waals surface area contributed by atoms with Crippen molar-refractivity contribution in [3.05, 3.63) is 23.1 Å². The molecular weight excluding hydrogens is 313 g/mol. The number of pyridine rings is 1. The normalized spacial score (nSPS) is 11.0. The molecule has 114 valence electrons. The van der Waals surface area contributed by atoms with E-state index in [4.69, 9.17) is 27.9 Å². The van der Waals surface area contributed by atoms with Gasteiger partial charge < -0.3 is 9.30 Å². The number of hydrogen-bond donors (Lipinski definition) is 0. The predicted molar refractivity (Wildman–Crippen MR) is 82.8 cm³/mol. The number of alkyl halides is 1. The highest BCUT2D eigenvalue weighted by molar-refractivity contribution is 6.31. The van der Waals surface area contributed by atoms with Crippen molar-refractivity contribution in [2.24, 2.45) is 0 Å². The number of carbonyl (C=O) groups is 1. The van der Waals surface area contributed by atoms with Gasteiger partial charge in [0.15, 0.2) is 5.65 Å². The van der Waals surface area contributed by atoms with E-state index in [1.807, 2.05) is 4.57 Å². The fourth-order valence-corrected chi connectivity index (χ4v) is 2.48. The molecule has 5 nitrogen and oxygen atoms in total. The molecule has 0 saturated carbocycles. The van der Waals surface area contributed by atoms with Gasteiger partial charge in [-0.05, 0) is 19.4 Å². The Morgan fingerprint density at radius 2 is 2.29 bits per heavy atom. The minimum absolute atomic E-state index is 0.184. The van der Waals surface area contributed by atoms with Gasteiger partial charge >= 0.3 is 5.97 Å². The number of esters is 1. The van der Waals surface area contributed by atoms with Crippen molar-refractivity contribution in [1.29, 1.82) is 0 Å². The second-order valence-corrected chi connectivity index (χ2v) is 5.34. The third-order valence-electron chi connectivity index (χ3n) is 3.02. The smallest absolute Gasteiger partial charge is 0.305 e. The summed E-state index contributed by atoms with van der Waals surface area (Å²) in [5.41, 5.74) is 1.52. The monoisotopic (exact) mass is 329 g/mol. The minimum Gasteiger partial charge on any atom is -0.466 e. The molecule has 0 aliphatic carbocycles. The molecule has 0 spiro atoms. The second kappa shape index (κ2) is 7.61. The lowest BCUT2D eigenvalue weighted by Crippen LogP contribution is -2.09. The molecule has 7 heteroatoms. The van der Waals surface area contributed by atoms with Crippen LogP contribution in [0.3, 0.4) is 0 Å². The summed E-state index contributed by atoms with van der Waals surface area (Å²) in [6.45, 7) is 2.86. The van der Waals surface area contributed by atoms with Gasteiger partial charge in [0.05, 0.1) is 11.6 Å². The van der Waals surface area contributed by atoms with Crippen LogP contribution in [0, 0.1) is 0 Å². The van der Waals surface area contributed by atoms with Crippen LogP contribution in [0.25, 0.3) is 11.2 Å². The highest BCUT2D eigenvalue weighted by Gasteiger charge is 2.12. The average Bonchev–Trinajstić information content (AvgIpc) is 2.76. The first-order chi connectivity index (χ1) is 10.2. The van der Waals surface area contributed by atoms with Crippen molar-refractivity contribution < 1.29 is 9.53 Å². The molecule has 0 saturated heterocycles. The molecule has 0 aliphatic rings. The Labute approximate surface area is 133 Å². The quantitative estimate of drug-likeness (QED) is 0.578. The molecule has 2 rings (SSSR count). The van der Waals surface area contributed by atoms with Crippen LogP contribution in [0.1, 0.15) is 25.6 Å². The Balaban J connectivity index is 2.16. The van der Waals surface area contributed by atoms with Crippen molar-refractivity contribution >= 4 is 40.3 Å². The second-order valence-electron chi connectivity index (χ2n) is 4.52. The molecule has 0 radical (unpaired) electrons. The fraction of sp³-hybridized carbons (Fsp3) is 0.500. The van der Waals surface area contributed by atoms with Gasteiger partial charge in [-0.1, -0.05) is 11.6 Å². The minimum atomic E-state index is -0.184. The van der Waals surface area contributed by atoms with Crippen molar-refractivity contribution in [1.82, 2.24) is 14.5 Å². The summed E-state index contributed by atoms with van der Waals surface area (Å²) in [7, 11) is 0. The molecule has 0 aliphatic heterocycles. The zero-order valence-electron chi connectivity index (χ0n) is 11.8. The Bertz CT molecular complexity index is 628. The van der Waals surface area contributed by atoms with Gasteiger partial charge in [-0.2, -0.15) is 0 Å². The van der Waals surface area contributed by atoms with E-state index >= 15 is 0 Å². The molecule has 2 aromatic heterocycles. The number of aryl methyl sites for hydroxylation is 2. The topological polar surface area (TPSA) is 57.0 Å². The van der Waals surface area contributed by atoms with Crippen LogP contribution in [0.5, 0.6) is 0 Å². The van der Waals surface area contributed by atoms with Gasteiger partial charge in [-0.3, -0.25) is 4.79 Å². The summed E-state index contributed by atoms with van der Waals surface area (Å²) in [5.74, 6) is 1.16. The SMILES string of the molecule is CCOC(=O)CCCn1c(CCCl)nc2cc(Cl)cnc21. The first kappa shape index (κ1) is 16.0. The molecular formula is C14H17Cl2N3O2. The lowest BCUT2D eigenvalue weighted by Gasteiger charge is -2.07. The fourth-order valence-electron chi connectivity index (χ4n) is 2.16. The molecule has 2 aromatic rings. The maximum Gasteiger partial charge on any atom is 0.305 e. The molecule has 0 atom stereocenters. The molecule has 0 bridgehead atoms. The Hall–Kier alpha value is -1.33. The number of rotatable bonds is 7. The van der Waals surface area contributed by atoms with Crippen molar-refractivity contribution in [3.8, 4) is 0 Å². The lowest BCUT2D eigenvalue weighted by atomic mass is 10.3. The molecule has 0 aromatic carbocycles. The number of carbonyl (C=O) groups excluding carboxylic acids is 1. The standard InChI is InChI=1S/C14H17Cl2N3O2/c1-2-21-13(20)4-3-7-19-12(5-6-15)18-11-8-10(16)9-17-14(11)19/h8-9H,2-7H2,1H3. The van der Waals surface area contributed by atoms with E-state index < -0.39 is 0 Å². The van der Waals surface area contributed by atoms with Crippen LogP contribution < -0.4 is 0 Å². The van der Waals surface area contributed by atoms with Crippen LogP contribution in [-0.2, 0) is 22.5 Å². The predicted octanol–water partition coefficient (Wildman–Crippen LogP) is 3.21. The third kappa shape index (κ3) is 4.08. The Morgan fingerprint density at radius 1 is 1.48 bits per heavy atom. The summed E-state index contributed by atoms with van der Waals surface area (Å²) in [6, 6.07) is 1.78. The van der Waals surface area contributed by atoms with E-state index in [1.54, 1.807) is 19.2 Å². The Kier molecular flexibility index (Phi) is 5.82. The lowest BCUT2D eigenvalue weighted by molar-refractivity contribution is -0.143. The summed E-state index contributed by atoms with van der Waals surface area (Å²) in [4.78, 5) is 20.2. The largest absolute Gasteiger partial charge is 0.466 e. The van der Waals surface area contributed by atoms with E-state index in [1.165, 1.54) is 0 Å². The molecule has 0 amide bonds. The number of fused-ring (bicyclic) bond motifs is 1. The average molecular weight is 330 g/mol. The molecule has 0 N–H and O–H groups in total. The molecule has 21 heavy (non-hydrogen) atoms.